The molecule has 0 saturated carbocycles. The van der Waals surface area contributed by atoms with Gasteiger partial charge in [-0.1, -0.05) is 11.6 Å². The number of carbonyl (C=O) groups is 1. The number of rotatable bonds is 3. The number of halogens is 1. The molecule has 3 N–H and O–H groups in total. The van der Waals surface area contributed by atoms with Crippen molar-refractivity contribution in [1.29, 1.82) is 0 Å². The summed E-state index contributed by atoms with van der Waals surface area (Å²) in [5.41, 5.74) is 7.16. The molecule has 0 aliphatic rings. The number of phenols is 1. The summed E-state index contributed by atoms with van der Waals surface area (Å²) in [7, 11) is 0. The van der Waals surface area contributed by atoms with E-state index in [-0.39, 0.29) is 17.2 Å². The first-order valence-electron chi connectivity index (χ1n) is 6.19. The molecule has 0 fully saturated rings. The first-order valence-corrected chi connectivity index (χ1v) is 6.56. The molecule has 0 aliphatic carbocycles. The molecule has 5 heteroatoms. The van der Waals surface area contributed by atoms with Crippen LogP contribution in [-0.4, -0.2) is 17.6 Å². The molecular weight excluding hydrogens is 276 g/mol. The summed E-state index contributed by atoms with van der Waals surface area (Å²) >= 11 is 5.88. The fourth-order valence-corrected chi connectivity index (χ4v) is 2.09. The van der Waals surface area contributed by atoms with Crippen LogP contribution in [-0.2, 0) is 0 Å². The van der Waals surface area contributed by atoms with Crippen LogP contribution in [0.25, 0.3) is 0 Å². The monoisotopic (exact) mass is 290 g/mol. The highest BCUT2D eigenvalue weighted by molar-refractivity contribution is 6.31. The van der Waals surface area contributed by atoms with Crippen LogP contribution < -0.4 is 10.6 Å². The number of nitrogen functional groups attached to an aromatic ring is 1. The van der Waals surface area contributed by atoms with Gasteiger partial charge in [0.2, 0.25) is 0 Å². The van der Waals surface area contributed by atoms with Crippen molar-refractivity contribution in [2.45, 2.75) is 6.92 Å². The maximum atomic E-state index is 12.5. The van der Waals surface area contributed by atoms with Crippen molar-refractivity contribution >= 4 is 28.9 Å². The number of aromatic hydroxyl groups is 1. The number of nitrogens with zero attached hydrogens (tertiary/aromatic N) is 1. The molecule has 2 rings (SSSR count). The van der Waals surface area contributed by atoms with Gasteiger partial charge in [-0.2, -0.15) is 0 Å². The van der Waals surface area contributed by atoms with Gasteiger partial charge in [0.15, 0.2) is 0 Å². The molecule has 4 nitrogen and oxygen atoms in total. The zero-order valence-electron chi connectivity index (χ0n) is 11.0. The van der Waals surface area contributed by atoms with Crippen molar-refractivity contribution < 1.29 is 9.90 Å². The Morgan fingerprint density at radius 1 is 1.25 bits per heavy atom. The topological polar surface area (TPSA) is 66.6 Å². The molecule has 0 spiro atoms. The smallest absolute Gasteiger partial charge is 0.262 e. The molecule has 20 heavy (non-hydrogen) atoms. The number of amides is 1. The Morgan fingerprint density at radius 3 is 2.50 bits per heavy atom. The van der Waals surface area contributed by atoms with Gasteiger partial charge in [-0.05, 0) is 49.4 Å². The van der Waals surface area contributed by atoms with Gasteiger partial charge in [0.1, 0.15) is 5.75 Å². The second-order valence-corrected chi connectivity index (χ2v) is 4.74. The highest BCUT2D eigenvalue weighted by atomic mass is 35.5. The van der Waals surface area contributed by atoms with Crippen LogP contribution in [0.1, 0.15) is 17.3 Å². The molecular formula is C15H15ClN2O2. The van der Waals surface area contributed by atoms with E-state index in [0.29, 0.717) is 22.9 Å². The maximum Gasteiger partial charge on any atom is 0.262 e. The van der Waals surface area contributed by atoms with Crippen LogP contribution >= 0.6 is 11.6 Å². The van der Waals surface area contributed by atoms with Crippen molar-refractivity contribution in [3.8, 4) is 5.75 Å². The largest absolute Gasteiger partial charge is 0.507 e. The number of hydrogen-bond donors (Lipinski definition) is 2. The van der Waals surface area contributed by atoms with Crippen LogP contribution in [0.15, 0.2) is 42.5 Å². The third kappa shape index (κ3) is 2.86. The number of anilines is 2. The number of carbonyl (C=O) groups excluding carboxylic acids is 1. The van der Waals surface area contributed by atoms with Gasteiger partial charge in [0.05, 0.1) is 5.56 Å². The van der Waals surface area contributed by atoms with Crippen molar-refractivity contribution in [3.05, 3.63) is 53.1 Å². The van der Waals surface area contributed by atoms with Gasteiger partial charge in [0, 0.05) is 22.9 Å². The van der Waals surface area contributed by atoms with E-state index in [9.17, 15) is 9.90 Å². The molecule has 0 aromatic heterocycles. The molecule has 0 heterocycles. The second kappa shape index (κ2) is 5.84. The molecule has 0 saturated heterocycles. The van der Waals surface area contributed by atoms with E-state index < -0.39 is 0 Å². The first kappa shape index (κ1) is 14.2. The molecule has 104 valence electrons. The van der Waals surface area contributed by atoms with Crippen molar-refractivity contribution in [2.24, 2.45) is 0 Å². The SMILES string of the molecule is CCN(C(=O)c1cc(Cl)ccc1O)c1ccc(N)cc1. The minimum Gasteiger partial charge on any atom is -0.507 e. The van der Waals surface area contributed by atoms with Crippen LogP contribution in [0.5, 0.6) is 5.75 Å². The highest BCUT2D eigenvalue weighted by Crippen LogP contribution is 2.25. The lowest BCUT2D eigenvalue weighted by molar-refractivity contribution is 0.0986. The lowest BCUT2D eigenvalue weighted by Gasteiger charge is -2.21. The van der Waals surface area contributed by atoms with E-state index in [0.717, 1.165) is 0 Å². The fraction of sp³-hybridized carbons (Fsp3) is 0.133. The number of hydrogen-bond acceptors (Lipinski definition) is 3. The predicted octanol–water partition coefficient (Wildman–Crippen LogP) is 3.29. The third-order valence-electron chi connectivity index (χ3n) is 2.96. The molecule has 0 unspecified atom stereocenters. The molecule has 0 atom stereocenters. The summed E-state index contributed by atoms with van der Waals surface area (Å²) in [6, 6.07) is 11.4. The van der Waals surface area contributed by atoms with Crippen LogP contribution in [0.2, 0.25) is 5.02 Å². The quantitative estimate of drug-likeness (QED) is 0.852. The van der Waals surface area contributed by atoms with Gasteiger partial charge < -0.3 is 15.7 Å². The lowest BCUT2D eigenvalue weighted by Crippen LogP contribution is -2.30. The predicted molar refractivity (Wildman–Crippen MR) is 81.3 cm³/mol. The number of nitrogens with two attached hydrogens (primary N) is 1. The van der Waals surface area contributed by atoms with E-state index in [1.54, 1.807) is 29.2 Å². The van der Waals surface area contributed by atoms with Gasteiger partial charge in [0.25, 0.3) is 5.91 Å². The Balaban J connectivity index is 2.38. The Hall–Kier alpha value is -2.20. The van der Waals surface area contributed by atoms with Crippen molar-refractivity contribution in [1.82, 2.24) is 0 Å². The van der Waals surface area contributed by atoms with Crippen LogP contribution in [0, 0.1) is 0 Å². The van der Waals surface area contributed by atoms with Gasteiger partial charge in [-0.25, -0.2) is 0 Å². The molecule has 2 aromatic rings. The summed E-state index contributed by atoms with van der Waals surface area (Å²) in [5, 5.41) is 10.2. The summed E-state index contributed by atoms with van der Waals surface area (Å²) in [6.07, 6.45) is 0. The third-order valence-corrected chi connectivity index (χ3v) is 3.19. The second-order valence-electron chi connectivity index (χ2n) is 4.30. The van der Waals surface area contributed by atoms with Crippen molar-refractivity contribution in [2.75, 3.05) is 17.2 Å². The summed E-state index contributed by atoms with van der Waals surface area (Å²) < 4.78 is 0. The maximum absolute atomic E-state index is 12.5. The number of benzene rings is 2. The molecule has 0 bridgehead atoms. The summed E-state index contributed by atoms with van der Waals surface area (Å²) in [5.74, 6) is -0.398. The van der Waals surface area contributed by atoms with Crippen LogP contribution in [0.4, 0.5) is 11.4 Å². The standard InChI is InChI=1S/C15H15ClN2O2/c1-2-18(12-6-4-11(17)5-7-12)15(20)13-9-10(16)3-8-14(13)19/h3-9,19H,2,17H2,1H3. The zero-order valence-corrected chi connectivity index (χ0v) is 11.8. The van der Waals surface area contributed by atoms with Crippen LogP contribution in [0.3, 0.4) is 0 Å². The molecule has 0 radical (unpaired) electrons. The highest BCUT2D eigenvalue weighted by Gasteiger charge is 2.19. The lowest BCUT2D eigenvalue weighted by atomic mass is 10.1. The van der Waals surface area contributed by atoms with E-state index in [2.05, 4.69) is 0 Å². The molecule has 2 aromatic carbocycles. The van der Waals surface area contributed by atoms with Gasteiger partial charge >= 0.3 is 0 Å². The Labute approximate surface area is 122 Å². The van der Waals surface area contributed by atoms with E-state index >= 15 is 0 Å². The Morgan fingerprint density at radius 2 is 1.90 bits per heavy atom. The average Bonchev–Trinajstić information content (AvgIpc) is 2.44. The average molecular weight is 291 g/mol. The van der Waals surface area contributed by atoms with E-state index in [4.69, 9.17) is 17.3 Å². The minimum absolute atomic E-state index is 0.0895. The van der Waals surface area contributed by atoms with Gasteiger partial charge in [-0.3, -0.25) is 4.79 Å². The van der Waals surface area contributed by atoms with Crippen molar-refractivity contribution in [3.63, 3.8) is 0 Å². The Bertz CT molecular complexity index is 626. The molecule has 0 aliphatic heterocycles. The van der Waals surface area contributed by atoms with E-state index in [1.807, 2.05) is 6.92 Å². The fourth-order valence-electron chi connectivity index (χ4n) is 1.92. The molecule has 1 amide bonds. The summed E-state index contributed by atoms with van der Waals surface area (Å²) in [4.78, 5) is 14.1. The first-order chi connectivity index (χ1) is 9.52. The summed E-state index contributed by atoms with van der Waals surface area (Å²) in [6.45, 7) is 2.32. The zero-order chi connectivity index (χ0) is 14.7. The van der Waals surface area contributed by atoms with E-state index in [1.165, 1.54) is 18.2 Å². The Kier molecular flexibility index (Phi) is 4.15. The number of phenolic OH excluding ortho intramolecular Hbond substituents is 1. The van der Waals surface area contributed by atoms with Gasteiger partial charge in [-0.15, -0.1) is 0 Å². The minimum atomic E-state index is -0.308. The normalized spacial score (nSPS) is 10.3.